The van der Waals surface area contributed by atoms with Crippen molar-refractivity contribution in [1.29, 1.82) is 0 Å². The second kappa shape index (κ2) is 5.98. The van der Waals surface area contributed by atoms with Crippen LogP contribution in [0.2, 0.25) is 0 Å². The fourth-order valence-electron chi connectivity index (χ4n) is 1.79. The highest BCUT2D eigenvalue weighted by Gasteiger charge is 2.26. The van der Waals surface area contributed by atoms with Crippen molar-refractivity contribution in [2.24, 2.45) is 5.41 Å². The molecule has 0 atom stereocenters. The van der Waals surface area contributed by atoms with Gasteiger partial charge in [-0.1, -0.05) is 13.8 Å². The molecule has 0 saturated carbocycles. The summed E-state index contributed by atoms with van der Waals surface area (Å²) in [6.07, 6.45) is 3.14. The molecule has 102 valence electrons. The maximum Gasteiger partial charge on any atom is 0.309 e. The summed E-state index contributed by atoms with van der Waals surface area (Å²) in [5.41, 5.74) is -0.666. The molecule has 0 bridgehead atoms. The van der Waals surface area contributed by atoms with Gasteiger partial charge < -0.3 is 5.11 Å². The van der Waals surface area contributed by atoms with Gasteiger partial charge in [-0.15, -0.1) is 0 Å². The van der Waals surface area contributed by atoms with E-state index in [4.69, 9.17) is 5.11 Å². The Balaban J connectivity index is 2.58. The average molecular weight is 253 g/mol. The van der Waals surface area contributed by atoms with Gasteiger partial charge in [0.2, 0.25) is 0 Å². The number of aryl methyl sites for hydroxylation is 3. The number of nitrogens with zero attached hydrogens (tertiary/aromatic N) is 3. The fourth-order valence-corrected chi connectivity index (χ4v) is 1.79. The molecule has 1 N–H and O–H groups in total. The number of carboxylic acids is 1. The van der Waals surface area contributed by atoms with Crippen LogP contribution in [-0.4, -0.2) is 25.8 Å². The summed E-state index contributed by atoms with van der Waals surface area (Å²) in [5.74, 6) is 1.11. The van der Waals surface area contributed by atoms with Crippen LogP contribution < -0.4 is 0 Å². The van der Waals surface area contributed by atoms with Crippen molar-refractivity contribution in [1.82, 2.24) is 14.8 Å². The van der Waals surface area contributed by atoms with Crippen molar-refractivity contribution >= 4 is 5.97 Å². The summed E-state index contributed by atoms with van der Waals surface area (Å²) in [5, 5.41) is 13.5. The first-order valence-corrected chi connectivity index (χ1v) is 6.56. The number of carboxylic acid groups (broad SMARTS) is 1. The molecule has 0 aromatic carbocycles. The van der Waals surface area contributed by atoms with E-state index in [-0.39, 0.29) is 0 Å². The monoisotopic (exact) mass is 253 g/mol. The molecule has 0 radical (unpaired) electrons. The summed E-state index contributed by atoms with van der Waals surface area (Å²) in [6, 6.07) is 0. The van der Waals surface area contributed by atoms with Gasteiger partial charge in [0, 0.05) is 19.4 Å². The van der Waals surface area contributed by atoms with E-state index in [1.165, 1.54) is 0 Å². The van der Waals surface area contributed by atoms with Gasteiger partial charge in [0.25, 0.3) is 0 Å². The van der Waals surface area contributed by atoms with E-state index in [9.17, 15) is 4.79 Å². The van der Waals surface area contributed by atoms with E-state index in [1.54, 1.807) is 13.8 Å². The molecule has 0 aliphatic heterocycles. The molecule has 1 rings (SSSR count). The molecule has 0 fully saturated rings. The van der Waals surface area contributed by atoms with Gasteiger partial charge in [-0.2, -0.15) is 5.10 Å². The predicted octanol–water partition coefficient (Wildman–Crippen LogP) is 2.29. The molecule has 5 heteroatoms. The van der Waals surface area contributed by atoms with Crippen molar-refractivity contribution in [2.75, 3.05) is 0 Å². The molecular formula is C13H23N3O2. The molecule has 1 aromatic heterocycles. The fraction of sp³-hybridized carbons (Fsp3) is 0.769. The second-order valence-corrected chi connectivity index (χ2v) is 5.17. The van der Waals surface area contributed by atoms with Crippen LogP contribution in [0.25, 0.3) is 0 Å². The standard InChI is InChI=1S/C13H23N3O2/c1-5-10-14-11(6-2)16(15-10)9-7-8-13(3,4)12(17)18/h5-9H2,1-4H3,(H,17,18). The number of hydrogen-bond donors (Lipinski definition) is 1. The molecule has 0 spiro atoms. The van der Waals surface area contributed by atoms with Crippen LogP contribution in [0, 0.1) is 5.41 Å². The zero-order chi connectivity index (χ0) is 13.8. The van der Waals surface area contributed by atoms with E-state index >= 15 is 0 Å². The summed E-state index contributed by atoms with van der Waals surface area (Å²) in [7, 11) is 0. The Kier molecular flexibility index (Phi) is 4.87. The highest BCUT2D eigenvalue weighted by molar-refractivity contribution is 5.73. The number of hydrogen-bond acceptors (Lipinski definition) is 3. The lowest BCUT2D eigenvalue weighted by Gasteiger charge is -2.18. The van der Waals surface area contributed by atoms with E-state index < -0.39 is 11.4 Å². The lowest BCUT2D eigenvalue weighted by atomic mass is 9.88. The Morgan fingerprint density at radius 2 is 2.00 bits per heavy atom. The second-order valence-electron chi connectivity index (χ2n) is 5.17. The lowest BCUT2D eigenvalue weighted by molar-refractivity contribution is -0.147. The topological polar surface area (TPSA) is 68.0 Å². The van der Waals surface area contributed by atoms with Gasteiger partial charge in [0.1, 0.15) is 5.82 Å². The minimum Gasteiger partial charge on any atom is -0.481 e. The van der Waals surface area contributed by atoms with E-state index in [2.05, 4.69) is 17.0 Å². The summed E-state index contributed by atoms with van der Waals surface area (Å²) in [4.78, 5) is 15.4. The van der Waals surface area contributed by atoms with Crippen LogP contribution in [0.1, 0.15) is 52.2 Å². The number of aromatic nitrogens is 3. The van der Waals surface area contributed by atoms with Crippen LogP contribution in [0.15, 0.2) is 0 Å². The first kappa shape index (κ1) is 14.7. The number of rotatable bonds is 7. The normalized spacial score (nSPS) is 11.8. The molecule has 1 heterocycles. The van der Waals surface area contributed by atoms with Gasteiger partial charge in [-0.05, 0) is 26.7 Å². The zero-order valence-corrected chi connectivity index (χ0v) is 11.7. The number of carbonyl (C=O) groups is 1. The molecule has 0 aliphatic rings. The Morgan fingerprint density at radius 3 is 2.50 bits per heavy atom. The molecule has 0 unspecified atom stereocenters. The lowest BCUT2D eigenvalue weighted by Crippen LogP contribution is -2.24. The Morgan fingerprint density at radius 1 is 1.33 bits per heavy atom. The highest BCUT2D eigenvalue weighted by atomic mass is 16.4. The Hall–Kier alpha value is -1.39. The van der Waals surface area contributed by atoms with Gasteiger partial charge in [-0.3, -0.25) is 4.79 Å². The quantitative estimate of drug-likeness (QED) is 0.809. The van der Waals surface area contributed by atoms with Crippen molar-refractivity contribution in [2.45, 2.75) is 59.9 Å². The third kappa shape index (κ3) is 3.55. The van der Waals surface area contributed by atoms with Crippen LogP contribution >= 0.6 is 0 Å². The first-order valence-electron chi connectivity index (χ1n) is 6.56. The molecule has 1 aromatic rings. The molecule has 5 nitrogen and oxygen atoms in total. The Bertz CT molecular complexity index is 410. The third-order valence-corrected chi connectivity index (χ3v) is 3.18. The van der Waals surface area contributed by atoms with Crippen molar-refractivity contribution in [3.8, 4) is 0 Å². The molecular weight excluding hydrogens is 230 g/mol. The largest absolute Gasteiger partial charge is 0.481 e. The minimum atomic E-state index is -0.744. The van der Waals surface area contributed by atoms with Crippen LogP contribution in [0.4, 0.5) is 0 Å². The van der Waals surface area contributed by atoms with Gasteiger partial charge in [0.15, 0.2) is 5.82 Å². The smallest absolute Gasteiger partial charge is 0.309 e. The zero-order valence-electron chi connectivity index (χ0n) is 11.7. The maximum absolute atomic E-state index is 11.0. The minimum absolute atomic E-state index is 0.646. The molecule has 0 amide bonds. The van der Waals surface area contributed by atoms with Crippen LogP contribution in [-0.2, 0) is 24.2 Å². The SMILES string of the molecule is CCc1nc(CC)n(CCCC(C)(C)C(=O)O)n1. The maximum atomic E-state index is 11.0. The van der Waals surface area contributed by atoms with Crippen LogP contribution in [0.5, 0.6) is 0 Å². The summed E-state index contributed by atoms with van der Waals surface area (Å²) >= 11 is 0. The van der Waals surface area contributed by atoms with Gasteiger partial charge >= 0.3 is 5.97 Å². The molecule has 18 heavy (non-hydrogen) atoms. The van der Waals surface area contributed by atoms with Crippen LogP contribution in [0.3, 0.4) is 0 Å². The van der Waals surface area contributed by atoms with Gasteiger partial charge in [-0.25, -0.2) is 9.67 Å². The first-order chi connectivity index (χ1) is 8.40. The molecule has 0 saturated heterocycles. The van der Waals surface area contributed by atoms with Crippen molar-refractivity contribution in [3.63, 3.8) is 0 Å². The van der Waals surface area contributed by atoms with E-state index in [0.717, 1.165) is 37.5 Å². The van der Waals surface area contributed by atoms with E-state index in [1.807, 2.05) is 11.6 Å². The van der Waals surface area contributed by atoms with Gasteiger partial charge in [0.05, 0.1) is 5.41 Å². The highest BCUT2D eigenvalue weighted by Crippen LogP contribution is 2.22. The summed E-state index contributed by atoms with van der Waals surface area (Å²) < 4.78 is 1.91. The average Bonchev–Trinajstić information content (AvgIpc) is 2.71. The van der Waals surface area contributed by atoms with Crippen molar-refractivity contribution in [3.05, 3.63) is 11.6 Å². The Labute approximate surface area is 108 Å². The van der Waals surface area contributed by atoms with E-state index in [0.29, 0.717) is 6.42 Å². The third-order valence-electron chi connectivity index (χ3n) is 3.18. The van der Waals surface area contributed by atoms with Crippen molar-refractivity contribution < 1.29 is 9.90 Å². The predicted molar refractivity (Wildman–Crippen MR) is 69.4 cm³/mol. The molecule has 0 aliphatic carbocycles. The summed E-state index contributed by atoms with van der Waals surface area (Å²) in [6.45, 7) is 8.35. The number of aliphatic carboxylic acids is 1.